The van der Waals surface area contributed by atoms with E-state index in [0.29, 0.717) is 6.61 Å². The SMILES string of the molecule is CCOC(=O)C(=N)Sc1ccccc1. The summed E-state index contributed by atoms with van der Waals surface area (Å²) >= 11 is 1.10. The van der Waals surface area contributed by atoms with Crippen LogP contribution in [0.5, 0.6) is 0 Å². The summed E-state index contributed by atoms with van der Waals surface area (Å²) in [6.07, 6.45) is 0. The third kappa shape index (κ3) is 3.22. The van der Waals surface area contributed by atoms with Crippen molar-refractivity contribution in [3.05, 3.63) is 30.3 Å². The molecule has 14 heavy (non-hydrogen) atoms. The van der Waals surface area contributed by atoms with Crippen LogP contribution in [0.15, 0.2) is 35.2 Å². The van der Waals surface area contributed by atoms with Gasteiger partial charge in [-0.2, -0.15) is 0 Å². The molecular formula is C10H11NO2S. The third-order valence-electron chi connectivity index (χ3n) is 1.42. The first-order valence-corrected chi connectivity index (χ1v) is 5.04. The van der Waals surface area contributed by atoms with Crippen LogP contribution in [0.4, 0.5) is 0 Å². The molecule has 4 heteroatoms. The highest BCUT2D eigenvalue weighted by Crippen LogP contribution is 2.18. The second kappa shape index (κ2) is 5.44. The fourth-order valence-electron chi connectivity index (χ4n) is 0.845. The number of carbonyl (C=O) groups is 1. The Morgan fingerprint density at radius 3 is 2.64 bits per heavy atom. The van der Waals surface area contributed by atoms with Crippen LogP contribution in [0, 0.1) is 5.41 Å². The van der Waals surface area contributed by atoms with Crippen molar-refractivity contribution in [1.29, 1.82) is 5.41 Å². The summed E-state index contributed by atoms with van der Waals surface area (Å²) in [6.45, 7) is 2.02. The van der Waals surface area contributed by atoms with Gasteiger partial charge in [0.2, 0.25) is 0 Å². The lowest BCUT2D eigenvalue weighted by atomic mass is 10.4. The molecule has 74 valence electrons. The topological polar surface area (TPSA) is 50.2 Å². The molecule has 0 aliphatic rings. The summed E-state index contributed by atoms with van der Waals surface area (Å²) in [6, 6.07) is 9.30. The summed E-state index contributed by atoms with van der Waals surface area (Å²) in [4.78, 5) is 11.9. The van der Waals surface area contributed by atoms with Crippen LogP contribution in [0.1, 0.15) is 6.92 Å². The van der Waals surface area contributed by atoms with E-state index in [4.69, 9.17) is 10.1 Å². The number of rotatable bonds is 2. The quantitative estimate of drug-likeness (QED) is 0.352. The predicted octanol–water partition coefficient (Wildman–Crippen LogP) is 2.32. The molecule has 0 bridgehead atoms. The minimum absolute atomic E-state index is 0.0851. The third-order valence-corrected chi connectivity index (χ3v) is 2.30. The zero-order valence-corrected chi connectivity index (χ0v) is 8.64. The van der Waals surface area contributed by atoms with E-state index in [9.17, 15) is 4.79 Å². The van der Waals surface area contributed by atoms with Gasteiger partial charge in [0.05, 0.1) is 6.61 Å². The zero-order chi connectivity index (χ0) is 10.4. The Kier molecular flexibility index (Phi) is 4.19. The van der Waals surface area contributed by atoms with Gasteiger partial charge in [-0.3, -0.25) is 5.41 Å². The van der Waals surface area contributed by atoms with E-state index >= 15 is 0 Å². The summed E-state index contributed by atoms with van der Waals surface area (Å²) in [5, 5.41) is 7.34. The second-order valence-electron chi connectivity index (χ2n) is 2.46. The van der Waals surface area contributed by atoms with Crippen molar-refractivity contribution >= 4 is 22.8 Å². The van der Waals surface area contributed by atoms with E-state index in [1.54, 1.807) is 6.92 Å². The van der Waals surface area contributed by atoms with Crippen molar-refractivity contribution in [2.75, 3.05) is 6.61 Å². The normalized spacial score (nSPS) is 9.50. The summed E-state index contributed by atoms with van der Waals surface area (Å²) < 4.78 is 4.69. The first kappa shape index (κ1) is 10.8. The smallest absolute Gasteiger partial charge is 0.363 e. The van der Waals surface area contributed by atoms with Gasteiger partial charge in [0.25, 0.3) is 0 Å². The molecule has 1 rings (SSSR count). The lowest BCUT2D eigenvalue weighted by molar-refractivity contribution is -0.134. The maximum absolute atomic E-state index is 11.1. The molecule has 0 radical (unpaired) electrons. The van der Waals surface area contributed by atoms with Gasteiger partial charge in [0, 0.05) is 4.90 Å². The number of hydrogen-bond donors (Lipinski definition) is 1. The lowest BCUT2D eigenvalue weighted by Gasteiger charge is -2.02. The highest BCUT2D eigenvalue weighted by Gasteiger charge is 2.11. The van der Waals surface area contributed by atoms with Crippen molar-refractivity contribution in [2.45, 2.75) is 11.8 Å². The second-order valence-corrected chi connectivity index (χ2v) is 3.55. The maximum atomic E-state index is 11.1. The first-order chi connectivity index (χ1) is 6.74. The average molecular weight is 209 g/mol. The number of carbonyl (C=O) groups excluding carboxylic acids is 1. The number of ether oxygens (including phenoxy) is 1. The Hall–Kier alpha value is -1.29. The van der Waals surface area contributed by atoms with E-state index in [2.05, 4.69) is 0 Å². The van der Waals surface area contributed by atoms with Gasteiger partial charge in [-0.1, -0.05) is 30.0 Å². The van der Waals surface area contributed by atoms with Gasteiger partial charge in [0.1, 0.15) is 0 Å². The first-order valence-electron chi connectivity index (χ1n) is 4.22. The lowest BCUT2D eigenvalue weighted by Crippen LogP contribution is -2.12. The zero-order valence-electron chi connectivity index (χ0n) is 7.82. The Balaban J connectivity index is 2.53. The molecule has 1 aromatic rings. The van der Waals surface area contributed by atoms with Crippen molar-refractivity contribution < 1.29 is 9.53 Å². The molecule has 0 spiro atoms. The molecule has 3 nitrogen and oxygen atoms in total. The van der Waals surface area contributed by atoms with Crippen LogP contribution in [0.2, 0.25) is 0 Å². The fraction of sp³-hybridized carbons (Fsp3) is 0.200. The minimum Gasteiger partial charge on any atom is -0.461 e. The monoisotopic (exact) mass is 209 g/mol. The molecule has 1 aromatic carbocycles. The number of hydrogen-bond acceptors (Lipinski definition) is 4. The summed E-state index contributed by atoms with van der Waals surface area (Å²) in [5.74, 6) is -0.568. The summed E-state index contributed by atoms with van der Waals surface area (Å²) in [7, 11) is 0. The molecule has 0 aromatic heterocycles. The van der Waals surface area contributed by atoms with Crippen LogP contribution >= 0.6 is 11.8 Å². The molecule has 0 fully saturated rings. The highest BCUT2D eigenvalue weighted by molar-refractivity contribution is 8.15. The molecule has 0 amide bonds. The van der Waals surface area contributed by atoms with Gasteiger partial charge in [0.15, 0.2) is 5.04 Å². The van der Waals surface area contributed by atoms with Crippen LogP contribution < -0.4 is 0 Å². The van der Waals surface area contributed by atoms with E-state index in [-0.39, 0.29) is 5.04 Å². The van der Waals surface area contributed by atoms with E-state index in [0.717, 1.165) is 16.7 Å². The standard InChI is InChI=1S/C10H11NO2S/c1-2-13-10(12)9(11)14-8-6-4-3-5-7-8/h3-7,11H,2H2,1H3. The predicted molar refractivity (Wildman–Crippen MR) is 56.7 cm³/mol. The number of esters is 1. The average Bonchev–Trinajstić information content (AvgIpc) is 2.19. The van der Waals surface area contributed by atoms with Crippen LogP contribution in [-0.2, 0) is 9.53 Å². The molecule has 1 N–H and O–H groups in total. The van der Waals surface area contributed by atoms with E-state index in [1.165, 1.54) is 0 Å². The largest absolute Gasteiger partial charge is 0.461 e. The van der Waals surface area contributed by atoms with Gasteiger partial charge in [-0.05, 0) is 19.1 Å². The van der Waals surface area contributed by atoms with Crippen LogP contribution in [0.25, 0.3) is 0 Å². The van der Waals surface area contributed by atoms with Crippen LogP contribution in [-0.4, -0.2) is 17.6 Å². The van der Waals surface area contributed by atoms with Gasteiger partial charge in [-0.25, -0.2) is 4.79 Å². The molecule has 0 unspecified atom stereocenters. The Morgan fingerprint density at radius 1 is 1.43 bits per heavy atom. The molecule has 0 saturated carbocycles. The maximum Gasteiger partial charge on any atom is 0.363 e. The molecule has 0 atom stereocenters. The number of nitrogens with one attached hydrogen (secondary N) is 1. The molecule has 0 aliphatic heterocycles. The summed E-state index contributed by atoms with van der Waals surface area (Å²) in [5.41, 5.74) is 0. The molecule has 0 heterocycles. The van der Waals surface area contributed by atoms with Gasteiger partial charge >= 0.3 is 5.97 Å². The molecule has 0 saturated heterocycles. The Morgan fingerprint density at radius 2 is 2.07 bits per heavy atom. The van der Waals surface area contributed by atoms with Crippen molar-refractivity contribution in [3.63, 3.8) is 0 Å². The highest BCUT2D eigenvalue weighted by atomic mass is 32.2. The molecule has 0 aliphatic carbocycles. The number of benzene rings is 1. The van der Waals surface area contributed by atoms with Gasteiger partial charge in [-0.15, -0.1) is 0 Å². The van der Waals surface area contributed by atoms with Crippen molar-refractivity contribution in [3.8, 4) is 0 Å². The van der Waals surface area contributed by atoms with Gasteiger partial charge < -0.3 is 4.74 Å². The Bertz CT molecular complexity index is 324. The van der Waals surface area contributed by atoms with E-state index < -0.39 is 5.97 Å². The van der Waals surface area contributed by atoms with Crippen molar-refractivity contribution in [2.24, 2.45) is 0 Å². The Labute approximate surface area is 87.0 Å². The van der Waals surface area contributed by atoms with Crippen LogP contribution in [0.3, 0.4) is 0 Å². The van der Waals surface area contributed by atoms with E-state index in [1.807, 2.05) is 30.3 Å². The fourth-order valence-corrected chi connectivity index (χ4v) is 1.52. The number of thioether (sulfide) groups is 1. The van der Waals surface area contributed by atoms with Crippen molar-refractivity contribution in [1.82, 2.24) is 0 Å². The minimum atomic E-state index is -0.568. The molecular weight excluding hydrogens is 198 g/mol.